The molecule has 0 spiro atoms. The van der Waals surface area contributed by atoms with Crippen molar-refractivity contribution in [1.29, 1.82) is 0 Å². The standard InChI is InChI=1S/C24H29P/c1-5-19-8-10-21(11-9-19)22-14-18(3)24-17(2)13-20(7-6-12-25-4)15-23(24)16-22/h8-11,13-15,25H,3,5-7,12,16H2,1-2,4H3. The summed E-state index contributed by atoms with van der Waals surface area (Å²) in [4.78, 5) is 0. The molecule has 0 saturated carbocycles. The molecule has 130 valence electrons. The average Bonchev–Trinajstić information content (AvgIpc) is 2.61. The van der Waals surface area contributed by atoms with E-state index in [2.05, 4.69) is 69.6 Å². The molecule has 1 unspecified atom stereocenters. The van der Waals surface area contributed by atoms with E-state index in [1.54, 1.807) is 0 Å². The normalized spacial score (nSPS) is 14.0. The molecule has 0 fully saturated rings. The molecule has 0 aromatic heterocycles. The Hall–Kier alpha value is -1.65. The van der Waals surface area contributed by atoms with Gasteiger partial charge >= 0.3 is 0 Å². The largest absolute Gasteiger partial charge is 0.125 e. The van der Waals surface area contributed by atoms with E-state index in [0.717, 1.165) is 27.0 Å². The van der Waals surface area contributed by atoms with Gasteiger partial charge in [0.1, 0.15) is 0 Å². The maximum Gasteiger partial charge on any atom is -0.00133 e. The monoisotopic (exact) mass is 348 g/mol. The van der Waals surface area contributed by atoms with Crippen molar-refractivity contribution < 1.29 is 0 Å². The summed E-state index contributed by atoms with van der Waals surface area (Å²) in [6, 6.07) is 13.8. The summed E-state index contributed by atoms with van der Waals surface area (Å²) in [7, 11) is 1.06. The third-order valence-electron chi connectivity index (χ3n) is 5.15. The number of hydrogen-bond acceptors (Lipinski definition) is 0. The zero-order valence-electron chi connectivity index (χ0n) is 15.8. The second-order valence-electron chi connectivity index (χ2n) is 7.08. The first-order valence-corrected chi connectivity index (χ1v) is 11.1. The lowest BCUT2D eigenvalue weighted by molar-refractivity contribution is 0.925. The van der Waals surface area contributed by atoms with Gasteiger partial charge in [0.25, 0.3) is 0 Å². The van der Waals surface area contributed by atoms with E-state index < -0.39 is 0 Å². The SMILES string of the molecule is C=C1C=C(c2ccc(CC)cc2)Cc2cc(CCCPC)cc(C)c21. The Morgan fingerprint density at radius 3 is 2.52 bits per heavy atom. The number of hydrogen-bond donors (Lipinski definition) is 0. The fourth-order valence-electron chi connectivity index (χ4n) is 3.83. The van der Waals surface area contributed by atoms with Crippen LogP contribution in [-0.4, -0.2) is 12.8 Å². The molecule has 0 aliphatic heterocycles. The summed E-state index contributed by atoms with van der Waals surface area (Å²) in [6.07, 6.45) is 8.24. The highest BCUT2D eigenvalue weighted by Gasteiger charge is 2.18. The van der Waals surface area contributed by atoms with E-state index in [-0.39, 0.29) is 0 Å². The van der Waals surface area contributed by atoms with Gasteiger partial charge in [0, 0.05) is 0 Å². The molecule has 25 heavy (non-hydrogen) atoms. The van der Waals surface area contributed by atoms with Gasteiger partial charge < -0.3 is 0 Å². The van der Waals surface area contributed by atoms with Crippen LogP contribution < -0.4 is 0 Å². The van der Waals surface area contributed by atoms with Crippen molar-refractivity contribution in [3.05, 3.63) is 82.4 Å². The van der Waals surface area contributed by atoms with Gasteiger partial charge in [-0.3, -0.25) is 0 Å². The van der Waals surface area contributed by atoms with Crippen molar-refractivity contribution >= 4 is 19.7 Å². The van der Waals surface area contributed by atoms with Crippen LogP contribution in [0.1, 0.15) is 46.7 Å². The van der Waals surface area contributed by atoms with Crippen molar-refractivity contribution in [1.82, 2.24) is 0 Å². The van der Waals surface area contributed by atoms with E-state index in [1.807, 2.05) is 0 Å². The summed E-state index contributed by atoms with van der Waals surface area (Å²) in [5.74, 6) is 0. The number of benzene rings is 2. The molecule has 2 aromatic rings. The minimum Gasteiger partial charge on any atom is -0.125 e. The lowest BCUT2D eigenvalue weighted by Crippen LogP contribution is -2.05. The van der Waals surface area contributed by atoms with Crippen LogP contribution in [0, 0.1) is 6.92 Å². The Labute approximate surface area is 154 Å². The summed E-state index contributed by atoms with van der Waals surface area (Å²) in [5.41, 5.74) is 11.0. The first-order valence-electron chi connectivity index (χ1n) is 9.38. The highest BCUT2D eigenvalue weighted by atomic mass is 31.1. The highest BCUT2D eigenvalue weighted by Crippen LogP contribution is 2.36. The van der Waals surface area contributed by atoms with Crippen LogP contribution in [-0.2, 0) is 19.3 Å². The lowest BCUT2D eigenvalue weighted by atomic mass is 9.82. The molecule has 0 N–H and O–H groups in total. The Balaban J connectivity index is 1.89. The van der Waals surface area contributed by atoms with E-state index >= 15 is 0 Å². The van der Waals surface area contributed by atoms with Crippen molar-refractivity contribution in [2.24, 2.45) is 0 Å². The van der Waals surface area contributed by atoms with Gasteiger partial charge in [-0.25, -0.2) is 0 Å². The van der Waals surface area contributed by atoms with Crippen molar-refractivity contribution in [2.75, 3.05) is 12.8 Å². The van der Waals surface area contributed by atoms with Crippen LogP contribution in [0.2, 0.25) is 0 Å². The predicted molar refractivity (Wildman–Crippen MR) is 115 cm³/mol. The number of allylic oxidation sites excluding steroid dienone is 3. The quantitative estimate of drug-likeness (QED) is 0.415. The Morgan fingerprint density at radius 1 is 1.08 bits per heavy atom. The molecule has 3 rings (SSSR count). The van der Waals surface area contributed by atoms with Gasteiger partial charge in [0.15, 0.2) is 0 Å². The number of aryl methyl sites for hydroxylation is 3. The molecule has 1 aliphatic rings. The second-order valence-corrected chi connectivity index (χ2v) is 8.28. The van der Waals surface area contributed by atoms with Gasteiger partial charge in [-0.15, -0.1) is 8.58 Å². The van der Waals surface area contributed by atoms with Crippen LogP contribution in [0.25, 0.3) is 11.1 Å². The fraction of sp³-hybridized carbons (Fsp3) is 0.333. The first-order chi connectivity index (χ1) is 12.1. The van der Waals surface area contributed by atoms with Crippen LogP contribution >= 0.6 is 8.58 Å². The van der Waals surface area contributed by atoms with E-state index in [4.69, 9.17) is 0 Å². The Morgan fingerprint density at radius 2 is 1.84 bits per heavy atom. The molecule has 2 aromatic carbocycles. The zero-order valence-corrected chi connectivity index (χ0v) is 16.8. The lowest BCUT2D eigenvalue weighted by Gasteiger charge is -2.22. The van der Waals surface area contributed by atoms with Crippen LogP contribution in [0.5, 0.6) is 0 Å². The molecule has 0 bridgehead atoms. The Bertz CT molecular complexity index is 794. The number of fused-ring (bicyclic) bond motifs is 1. The second kappa shape index (κ2) is 8.15. The summed E-state index contributed by atoms with van der Waals surface area (Å²) in [5, 5.41) is 0. The topological polar surface area (TPSA) is 0 Å². The summed E-state index contributed by atoms with van der Waals surface area (Å²) >= 11 is 0. The average molecular weight is 348 g/mol. The van der Waals surface area contributed by atoms with Gasteiger partial charge in [-0.1, -0.05) is 56.0 Å². The smallest absolute Gasteiger partial charge is 0.00133 e. The fourth-order valence-corrected chi connectivity index (χ4v) is 4.36. The summed E-state index contributed by atoms with van der Waals surface area (Å²) in [6.45, 7) is 11.1. The molecule has 0 heterocycles. The van der Waals surface area contributed by atoms with Gasteiger partial charge in [-0.05, 0) is 90.0 Å². The van der Waals surface area contributed by atoms with Crippen molar-refractivity contribution in [3.63, 3.8) is 0 Å². The van der Waals surface area contributed by atoms with Crippen molar-refractivity contribution in [3.8, 4) is 0 Å². The molecular formula is C24H29P. The van der Waals surface area contributed by atoms with Crippen molar-refractivity contribution in [2.45, 2.75) is 39.5 Å². The first kappa shape index (κ1) is 18.2. The highest BCUT2D eigenvalue weighted by molar-refractivity contribution is 7.36. The molecule has 0 amide bonds. The Kier molecular flexibility index (Phi) is 5.92. The molecular weight excluding hydrogens is 319 g/mol. The minimum atomic E-state index is 1.02. The van der Waals surface area contributed by atoms with E-state index in [9.17, 15) is 0 Å². The summed E-state index contributed by atoms with van der Waals surface area (Å²) < 4.78 is 0. The van der Waals surface area contributed by atoms with Crippen LogP contribution in [0.15, 0.2) is 49.1 Å². The molecule has 0 nitrogen and oxygen atoms in total. The third kappa shape index (κ3) is 4.13. The molecule has 1 heteroatoms. The van der Waals surface area contributed by atoms with Gasteiger partial charge in [0.05, 0.1) is 0 Å². The molecule has 1 atom stereocenters. The minimum absolute atomic E-state index is 1.02. The van der Waals surface area contributed by atoms with Gasteiger partial charge in [-0.2, -0.15) is 0 Å². The maximum absolute atomic E-state index is 4.36. The molecule has 0 saturated heterocycles. The van der Waals surface area contributed by atoms with Crippen LogP contribution in [0.4, 0.5) is 0 Å². The van der Waals surface area contributed by atoms with E-state index in [1.165, 1.54) is 58.0 Å². The number of rotatable bonds is 6. The van der Waals surface area contributed by atoms with Gasteiger partial charge in [0.2, 0.25) is 0 Å². The predicted octanol–water partition coefficient (Wildman–Crippen LogP) is 6.45. The third-order valence-corrected chi connectivity index (χ3v) is 6.01. The van der Waals surface area contributed by atoms with E-state index in [0.29, 0.717) is 0 Å². The molecule has 1 aliphatic carbocycles. The zero-order chi connectivity index (χ0) is 17.8. The maximum atomic E-state index is 4.36. The van der Waals surface area contributed by atoms with Crippen LogP contribution in [0.3, 0.4) is 0 Å². The molecule has 0 radical (unpaired) electrons.